The molecule has 0 bridgehead atoms. The van der Waals surface area contributed by atoms with Crippen molar-refractivity contribution < 1.29 is 17.9 Å². The van der Waals surface area contributed by atoms with Gasteiger partial charge in [-0.2, -0.15) is 0 Å². The first kappa shape index (κ1) is 20.8. The first-order valence-corrected chi connectivity index (χ1v) is 11.1. The van der Waals surface area contributed by atoms with Crippen LogP contribution < -0.4 is 24.8 Å². The Morgan fingerprint density at radius 3 is 2.52 bits per heavy atom. The van der Waals surface area contributed by atoms with Gasteiger partial charge in [-0.3, -0.25) is 0 Å². The Bertz CT molecular complexity index is 1170. The van der Waals surface area contributed by atoms with Crippen LogP contribution in [-0.4, -0.2) is 49.7 Å². The highest BCUT2D eigenvalue weighted by atomic mass is 32.2. The Balaban J connectivity index is 1.31. The zero-order valence-corrected chi connectivity index (χ0v) is 17.6. The highest BCUT2D eigenvalue weighted by molar-refractivity contribution is 7.89. The number of anilines is 3. The van der Waals surface area contributed by atoms with E-state index in [1.54, 1.807) is 18.3 Å². The van der Waals surface area contributed by atoms with Crippen molar-refractivity contribution >= 4 is 27.5 Å². The molecule has 31 heavy (non-hydrogen) atoms. The topological polar surface area (TPSA) is 127 Å². The van der Waals surface area contributed by atoms with E-state index in [9.17, 15) is 8.42 Å². The molecule has 0 unspecified atom stereocenters. The fourth-order valence-corrected chi connectivity index (χ4v) is 3.96. The zero-order valence-electron chi connectivity index (χ0n) is 16.8. The van der Waals surface area contributed by atoms with E-state index < -0.39 is 10.0 Å². The van der Waals surface area contributed by atoms with Crippen LogP contribution in [0.1, 0.15) is 5.56 Å². The van der Waals surface area contributed by atoms with Crippen molar-refractivity contribution in [3.05, 3.63) is 54.5 Å². The molecule has 10 nitrogen and oxygen atoms in total. The number of ether oxygens (including phenoxy) is 2. The van der Waals surface area contributed by atoms with Crippen LogP contribution in [0.25, 0.3) is 0 Å². The molecule has 1 aliphatic rings. The maximum atomic E-state index is 12.5. The van der Waals surface area contributed by atoms with Crippen molar-refractivity contribution in [2.45, 2.75) is 11.8 Å². The molecular weight excluding hydrogens is 420 g/mol. The van der Waals surface area contributed by atoms with Crippen LogP contribution in [0.4, 0.5) is 17.5 Å². The SMILES string of the molecule is Cc1ccnc(Nc2cc(NCCNS(=O)(=O)c3ccc4c(c3)OCCO4)ncn2)c1. The highest BCUT2D eigenvalue weighted by Gasteiger charge is 2.19. The van der Waals surface area contributed by atoms with E-state index in [4.69, 9.17) is 9.47 Å². The fraction of sp³-hybridized carbons (Fsp3) is 0.250. The van der Waals surface area contributed by atoms with E-state index in [-0.39, 0.29) is 11.4 Å². The van der Waals surface area contributed by atoms with Gasteiger partial charge < -0.3 is 20.1 Å². The second kappa shape index (κ2) is 9.14. The van der Waals surface area contributed by atoms with E-state index in [1.165, 1.54) is 18.5 Å². The summed E-state index contributed by atoms with van der Waals surface area (Å²) in [5.74, 6) is 2.78. The number of nitrogens with zero attached hydrogens (tertiary/aromatic N) is 3. The van der Waals surface area contributed by atoms with Crippen LogP contribution in [0.3, 0.4) is 0 Å². The molecule has 0 amide bonds. The lowest BCUT2D eigenvalue weighted by Gasteiger charge is -2.19. The molecule has 3 aromatic rings. The van der Waals surface area contributed by atoms with Gasteiger partial charge in [0.1, 0.15) is 37.0 Å². The predicted molar refractivity (Wildman–Crippen MR) is 115 cm³/mol. The van der Waals surface area contributed by atoms with Crippen molar-refractivity contribution in [3.63, 3.8) is 0 Å². The minimum absolute atomic E-state index is 0.121. The molecule has 0 radical (unpaired) electrons. The molecule has 0 spiro atoms. The molecular formula is C20H22N6O4S. The summed E-state index contributed by atoms with van der Waals surface area (Å²) in [6.07, 6.45) is 3.13. The number of hydrogen-bond donors (Lipinski definition) is 3. The fourth-order valence-electron chi connectivity index (χ4n) is 2.91. The van der Waals surface area contributed by atoms with Gasteiger partial charge >= 0.3 is 0 Å². The average Bonchev–Trinajstić information content (AvgIpc) is 2.77. The maximum Gasteiger partial charge on any atom is 0.240 e. The number of hydrogen-bond acceptors (Lipinski definition) is 9. The minimum Gasteiger partial charge on any atom is -0.486 e. The van der Waals surface area contributed by atoms with Crippen LogP contribution in [0.15, 0.2) is 53.8 Å². The Morgan fingerprint density at radius 2 is 1.68 bits per heavy atom. The second-order valence-corrected chi connectivity index (χ2v) is 8.53. The van der Waals surface area contributed by atoms with Crippen molar-refractivity contribution in [1.82, 2.24) is 19.7 Å². The van der Waals surface area contributed by atoms with Gasteiger partial charge in [-0.1, -0.05) is 0 Å². The Hall–Kier alpha value is -3.44. The average molecular weight is 443 g/mol. The van der Waals surface area contributed by atoms with Gasteiger partial charge in [0, 0.05) is 31.4 Å². The first-order valence-electron chi connectivity index (χ1n) is 9.64. The summed E-state index contributed by atoms with van der Waals surface area (Å²) < 4.78 is 38.5. The van der Waals surface area contributed by atoms with Gasteiger partial charge in [-0.25, -0.2) is 28.1 Å². The highest BCUT2D eigenvalue weighted by Crippen LogP contribution is 2.32. The lowest BCUT2D eigenvalue weighted by atomic mass is 10.3. The van der Waals surface area contributed by atoms with Gasteiger partial charge in [-0.05, 0) is 36.8 Å². The summed E-state index contributed by atoms with van der Waals surface area (Å²) in [6, 6.07) is 10.1. The number of benzene rings is 1. The number of nitrogens with one attached hydrogen (secondary N) is 3. The standard InChI is InChI=1S/C20H22N6O4S/c1-14-4-5-21-19(10-14)26-20-12-18(23-13-24-20)22-6-7-25-31(27,28)15-2-3-16-17(11-15)30-9-8-29-16/h2-5,10-13,25H,6-9H2,1H3,(H2,21,22,23,24,26). The van der Waals surface area contributed by atoms with Crippen molar-refractivity contribution in [2.24, 2.45) is 0 Å². The predicted octanol–water partition coefficient (Wildman–Crippen LogP) is 2.09. The van der Waals surface area contributed by atoms with Gasteiger partial charge in [0.25, 0.3) is 0 Å². The molecule has 0 fully saturated rings. The largest absolute Gasteiger partial charge is 0.486 e. The third kappa shape index (κ3) is 5.38. The number of aryl methyl sites for hydroxylation is 1. The van der Waals surface area contributed by atoms with Crippen LogP contribution in [-0.2, 0) is 10.0 Å². The molecule has 0 aliphatic carbocycles. The van der Waals surface area contributed by atoms with Crippen LogP contribution >= 0.6 is 0 Å². The van der Waals surface area contributed by atoms with Crippen LogP contribution in [0.5, 0.6) is 11.5 Å². The Morgan fingerprint density at radius 1 is 0.903 bits per heavy atom. The zero-order chi connectivity index (χ0) is 21.7. The molecule has 1 aromatic carbocycles. The second-order valence-electron chi connectivity index (χ2n) is 6.76. The van der Waals surface area contributed by atoms with Gasteiger partial charge in [-0.15, -0.1) is 0 Å². The van der Waals surface area contributed by atoms with Gasteiger partial charge in [0.2, 0.25) is 10.0 Å². The summed E-state index contributed by atoms with van der Waals surface area (Å²) in [5, 5.41) is 6.18. The van der Waals surface area contributed by atoms with E-state index in [0.717, 1.165) is 5.56 Å². The molecule has 4 rings (SSSR count). The van der Waals surface area contributed by atoms with Crippen molar-refractivity contribution in [3.8, 4) is 11.5 Å². The molecule has 0 saturated heterocycles. The summed E-state index contributed by atoms with van der Waals surface area (Å²) in [5.41, 5.74) is 1.08. The van der Waals surface area contributed by atoms with E-state index in [1.807, 2.05) is 19.1 Å². The summed E-state index contributed by atoms with van der Waals surface area (Å²) in [6.45, 7) is 3.33. The normalized spacial score (nSPS) is 12.9. The van der Waals surface area contributed by atoms with Crippen LogP contribution in [0.2, 0.25) is 0 Å². The number of aromatic nitrogens is 3. The molecule has 2 aromatic heterocycles. The maximum absolute atomic E-state index is 12.5. The summed E-state index contributed by atoms with van der Waals surface area (Å²) in [7, 11) is -3.68. The summed E-state index contributed by atoms with van der Waals surface area (Å²) in [4.78, 5) is 12.7. The third-order valence-electron chi connectivity index (χ3n) is 4.39. The number of rotatable bonds is 8. The van der Waals surface area contributed by atoms with Crippen molar-refractivity contribution in [2.75, 3.05) is 36.9 Å². The number of fused-ring (bicyclic) bond motifs is 1. The smallest absolute Gasteiger partial charge is 0.240 e. The Labute approximate surface area is 180 Å². The molecule has 0 atom stereocenters. The minimum atomic E-state index is -3.68. The summed E-state index contributed by atoms with van der Waals surface area (Å²) >= 11 is 0. The number of pyridine rings is 1. The Kier molecular flexibility index (Phi) is 6.14. The quantitative estimate of drug-likeness (QED) is 0.449. The van der Waals surface area contributed by atoms with Gasteiger partial charge in [0.15, 0.2) is 11.5 Å². The van der Waals surface area contributed by atoms with E-state index in [0.29, 0.717) is 48.7 Å². The third-order valence-corrected chi connectivity index (χ3v) is 5.84. The molecule has 11 heteroatoms. The molecule has 3 N–H and O–H groups in total. The molecule has 1 aliphatic heterocycles. The lowest BCUT2D eigenvalue weighted by Crippen LogP contribution is -2.29. The molecule has 0 saturated carbocycles. The number of sulfonamides is 1. The van der Waals surface area contributed by atoms with E-state index >= 15 is 0 Å². The van der Waals surface area contributed by atoms with Crippen LogP contribution in [0, 0.1) is 6.92 Å². The van der Waals surface area contributed by atoms with E-state index in [2.05, 4.69) is 30.3 Å². The lowest BCUT2D eigenvalue weighted by molar-refractivity contribution is 0.171. The molecule has 3 heterocycles. The molecule has 162 valence electrons. The first-order chi connectivity index (χ1) is 15.0. The van der Waals surface area contributed by atoms with Gasteiger partial charge in [0.05, 0.1) is 4.90 Å². The monoisotopic (exact) mass is 442 g/mol. The van der Waals surface area contributed by atoms with Crippen molar-refractivity contribution in [1.29, 1.82) is 0 Å².